The van der Waals surface area contributed by atoms with Gasteiger partial charge in [-0.05, 0) is 37.7 Å². The Morgan fingerprint density at radius 1 is 1.26 bits per heavy atom. The molecule has 0 spiro atoms. The summed E-state index contributed by atoms with van der Waals surface area (Å²) in [6, 6.07) is 11.7. The first kappa shape index (κ1) is 13.1. The number of nitrogens with zero attached hydrogens (tertiary/aromatic N) is 1. The fourth-order valence-electron chi connectivity index (χ4n) is 3.23. The second-order valence-electron chi connectivity index (χ2n) is 6.47. The molecule has 2 aliphatic rings. The molecule has 1 heterocycles. The van der Waals surface area contributed by atoms with Crippen molar-refractivity contribution >= 4 is 0 Å². The molecular formula is C17H26N2. The maximum absolute atomic E-state index is 3.74. The van der Waals surface area contributed by atoms with Crippen LogP contribution < -0.4 is 5.32 Å². The topological polar surface area (TPSA) is 15.3 Å². The smallest absolute Gasteiger partial charge is 0.0558 e. The molecule has 0 radical (unpaired) electrons. The molecule has 0 aromatic heterocycles. The lowest BCUT2D eigenvalue weighted by atomic mass is 9.86. The number of piperazine rings is 1. The van der Waals surface area contributed by atoms with Crippen molar-refractivity contribution in [3.63, 3.8) is 0 Å². The first-order valence-electron chi connectivity index (χ1n) is 7.76. The van der Waals surface area contributed by atoms with Crippen LogP contribution in [0.4, 0.5) is 0 Å². The van der Waals surface area contributed by atoms with Crippen molar-refractivity contribution in [1.82, 2.24) is 10.2 Å². The third-order valence-corrected chi connectivity index (χ3v) is 4.94. The largest absolute Gasteiger partial charge is 0.311 e. The molecule has 1 aliphatic carbocycles. The summed E-state index contributed by atoms with van der Waals surface area (Å²) in [5.41, 5.74) is 1.62. The second-order valence-corrected chi connectivity index (χ2v) is 6.47. The molecule has 1 aliphatic heterocycles. The van der Waals surface area contributed by atoms with Crippen LogP contribution in [0.15, 0.2) is 30.3 Å². The Morgan fingerprint density at radius 2 is 2.00 bits per heavy atom. The van der Waals surface area contributed by atoms with Crippen molar-refractivity contribution in [1.29, 1.82) is 0 Å². The summed E-state index contributed by atoms with van der Waals surface area (Å²) >= 11 is 0. The van der Waals surface area contributed by atoms with Crippen molar-refractivity contribution in [2.45, 2.75) is 44.7 Å². The normalized spacial score (nSPS) is 32.4. The molecule has 2 heteroatoms. The van der Waals surface area contributed by atoms with Crippen molar-refractivity contribution in [2.24, 2.45) is 5.92 Å². The van der Waals surface area contributed by atoms with E-state index in [2.05, 4.69) is 54.4 Å². The van der Waals surface area contributed by atoms with Crippen LogP contribution in [0.3, 0.4) is 0 Å². The van der Waals surface area contributed by atoms with E-state index in [0.29, 0.717) is 6.04 Å². The van der Waals surface area contributed by atoms with Gasteiger partial charge in [0, 0.05) is 25.7 Å². The van der Waals surface area contributed by atoms with E-state index in [1.54, 1.807) is 0 Å². The van der Waals surface area contributed by atoms with Crippen LogP contribution in [0.2, 0.25) is 0 Å². The molecule has 3 rings (SSSR count). The summed E-state index contributed by atoms with van der Waals surface area (Å²) < 4.78 is 0. The number of hydrogen-bond acceptors (Lipinski definition) is 2. The van der Waals surface area contributed by atoms with Gasteiger partial charge in [0.05, 0.1) is 5.54 Å². The fourth-order valence-corrected chi connectivity index (χ4v) is 3.23. The summed E-state index contributed by atoms with van der Waals surface area (Å²) in [6.45, 7) is 8.24. The molecule has 1 saturated heterocycles. The molecule has 2 atom stereocenters. The first-order chi connectivity index (χ1) is 9.22. The zero-order chi connectivity index (χ0) is 13.3. The minimum Gasteiger partial charge on any atom is -0.311 e. The quantitative estimate of drug-likeness (QED) is 0.893. The SMILES string of the molecule is CCC1CN(CC2CC2)C(C)(c2ccccc2)CN1. The molecular weight excluding hydrogens is 232 g/mol. The third-order valence-electron chi connectivity index (χ3n) is 4.94. The Morgan fingerprint density at radius 3 is 2.63 bits per heavy atom. The summed E-state index contributed by atoms with van der Waals surface area (Å²) in [5.74, 6) is 0.957. The van der Waals surface area contributed by atoms with Crippen molar-refractivity contribution in [3.05, 3.63) is 35.9 Å². The molecule has 2 fully saturated rings. The van der Waals surface area contributed by atoms with Crippen LogP contribution in [-0.2, 0) is 5.54 Å². The van der Waals surface area contributed by atoms with Crippen LogP contribution in [0.1, 0.15) is 38.7 Å². The predicted molar refractivity (Wildman–Crippen MR) is 80.2 cm³/mol. The van der Waals surface area contributed by atoms with Gasteiger partial charge in [0.2, 0.25) is 0 Å². The minimum atomic E-state index is 0.162. The number of nitrogens with one attached hydrogen (secondary N) is 1. The van der Waals surface area contributed by atoms with Gasteiger partial charge in [0.25, 0.3) is 0 Å². The standard InChI is InChI=1S/C17H26N2/c1-3-16-12-19(11-14-9-10-14)17(2,13-18-16)15-7-5-4-6-8-15/h4-8,14,16,18H,3,9-13H2,1-2H3. The predicted octanol–water partition coefficient (Wildman–Crippen LogP) is 3.00. The van der Waals surface area contributed by atoms with E-state index in [4.69, 9.17) is 0 Å². The van der Waals surface area contributed by atoms with E-state index in [9.17, 15) is 0 Å². The number of hydrogen-bond donors (Lipinski definition) is 1. The van der Waals surface area contributed by atoms with E-state index < -0.39 is 0 Å². The highest BCUT2D eigenvalue weighted by Crippen LogP contribution is 2.37. The molecule has 104 valence electrons. The molecule has 1 N–H and O–H groups in total. The Hall–Kier alpha value is -0.860. The van der Waals surface area contributed by atoms with Crippen molar-refractivity contribution < 1.29 is 0 Å². The first-order valence-corrected chi connectivity index (χ1v) is 7.76. The van der Waals surface area contributed by atoms with Gasteiger partial charge in [0.15, 0.2) is 0 Å². The van der Waals surface area contributed by atoms with Gasteiger partial charge in [-0.1, -0.05) is 37.3 Å². The van der Waals surface area contributed by atoms with Crippen LogP contribution in [0.25, 0.3) is 0 Å². The van der Waals surface area contributed by atoms with E-state index in [0.717, 1.165) is 12.5 Å². The van der Waals surface area contributed by atoms with Gasteiger partial charge < -0.3 is 5.32 Å². The Balaban J connectivity index is 1.83. The highest BCUT2D eigenvalue weighted by molar-refractivity contribution is 5.25. The molecule has 0 bridgehead atoms. The van der Waals surface area contributed by atoms with Gasteiger partial charge in [-0.15, -0.1) is 0 Å². The maximum atomic E-state index is 3.74. The lowest BCUT2D eigenvalue weighted by Crippen LogP contribution is -2.61. The Labute approximate surface area is 117 Å². The van der Waals surface area contributed by atoms with Crippen LogP contribution in [0.5, 0.6) is 0 Å². The zero-order valence-electron chi connectivity index (χ0n) is 12.2. The molecule has 2 nitrogen and oxygen atoms in total. The van der Waals surface area contributed by atoms with E-state index in [1.165, 1.54) is 37.9 Å². The molecule has 0 amide bonds. The molecule has 19 heavy (non-hydrogen) atoms. The zero-order valence-corrected chi connectivity index (χ0v) is 12.2. The lowest BCUT2D eigenvalue weighted by molar-refractivity contribution is 0.0444. The van der Waals surface area contributed by atoms with Gasteiger partial charge >= 0.3 is 0 Å². The lowest BCUT2D eigenvalue weighted by Gasteiger charge is -2.48. The second kappa shape index (κ2) is 5.26. The van der Waals surface area contributed by atoms with Gasteiger partial charge in [0.1, 0.15) is 0 Å². The molecule has 2 unspecified atom stereocenters. The van der Waals surface area contributed by atoms with Crippen LogP contribution in [0, 0.1) is 5.92 Å². The summed E-state index contributed by atoms with van der Waals surface area (Å²) in [5, 5.41) is 3.74. The molecule has 1 aromatic carbocycles. The van der Waals surface area contributed by atoms with E-state index in [-0.39, 0.29) is 5.54 Å². The van der Waals surface area contributed by atoms with Crippen LogP contribution >= 0.6 is 0 Å². The number of benzene rings is 1. The molecule has 1 aromatic rings. The fraction of sp³-hybridized carbons (Fsp3) is 0.647. The third kappa shape index (κ3) is 2.70. The monoisotopic (exact) mass is 258 g/mol. The van der Waals surface area contributed by atoms with Crippen molar-refractivity contribution in [2.75, 3.05) is 19.6 Å². The van der Waals surface area contributed by atoms with Crippen molar-refractivity contribution in [3.8, 4) is 0 Å². The average molecular weight is 258 g/mol. The minimum absolute atomic E-state index is 0.162. The summed E-state index contributed by atoms with van der Waals surface area (Å²) in [6.07, 6.45) is 4.10. The van der Waals surface area contributed by atoms with Gasteiger partial charge in [-0.25, -0.2) is 0 Å². The Bertz CT molecular complexity index is 413. The molecule has 1 saturated carbocycles. The Kier molecular flexibility index (Phi) is 3.64. The highest BCUT2D eigenvalue weighted by atomic mass is 15.3. The van der Waals surface area contributed by atoms with Gasteiger partial charge in [-0.3, -0.25) is 4.90 Å². The maximum Gasteiger partial charge on any atom is 0.0558 e. The highest BCUT2D eigenvalue weighted by Gasteiger charge is 2.40. The van der Waals surface area contributed by atoms with E-state index >= 15 is 0 Å². The van der Waals surface area contributed by atoms with E-state index in [1.807, 2.05) is 0 Å². The average Bonchev–Trinajstić information content (AvgIpc) is 3.26. The summed E-state index contributed by atoms with van der Waals surface area (Å²) in [4.78, 5) is 2.74. The summed E-state index contributed by atoms with van der Waals surface area (Å²) in [7, 11) is 0. The van der Waals surface area contributed by atoms with Gasteiger partial charge in [-0.2, -0.15) is 0 Å². The number of rotatable bonds is 4. The van der Waals surface area contributed by atoms with Crippen LogP contribution in [-0.4, -0.2) is 30.6 Å².